The van der Waals surface area contributed by atoms with Gasteiger partial charge in [0.2, 0.25) is 0 Å². The predicted octanol–water partition coefficient (Wildman–Crippen LogP) is 4.82. The second-order valence-electron chi connectivity index (χ2n) is 5.62. The fraction of sp³-hybridized carbons (Fsp3) is 0.118. The lowest BCUT2D eigenvalue weighted by Gasteiger charge is -2.10. The summed E-state index contributed by atoms with van der Waals surface area (Å²) in [5.74, 6) is 0. The molecule has 0 radical (unpaired) electrons. The number of aromatic nitrogens is 2. The second kappa shape index (κ2) is 6.44. The molecule has 0 aliphatic heterocycles. The van der Waals surface area contributed by atoms with Crippen molar-refractivity contribution in [2.75, 3.05) is 6.26 Å². The third-order valence-electron chi connectivity index (χ3n) is 3.74. The predicted molar refractivity (Wildman–Crippen MR) is 92.6 cm³/mol. The van der Waals surface area contributed by atoms with E-state index in [0.717, 1.165) is 6.26 Å². The van der Waals surface area contributed by atoms with Gasteiger partial charge in [0.05, 0.1) is 4.90 Å². The minimum absolute atomic E-state index is 0.0692. The maximum atomic E-state index is 13.4. The van der Waals surface area contributed by atoms with Gasteiger partial charge in [0, 0.05) is 22.4 Å². The molecule has 0 spiro atoms. The Balaban J connectivity index is 2.19. The Hall–Kier alpha value is -2.32. The number of alkyl halides is 3. The van der Waals surface area contributed by atoms with Crippen LogP contribution in [-0.2, 0) is 16.0 Å². The van der Waals surface area contributed by atoms with Gasteiger partial charge in [0.25, 0.3) is 0 Å². The van der Waals surface area contributed by atoms with Crippen molar-refractivity contribution in [3.8, 4) is 22.4 Å². The van der Waals surface area contributed by atoms with Crippen molar-refractivity contribution < 1.29 is 21.6 Å². The molecule has 3 aromatic rings. The third-order valence-corrected chi connectivity index (χ3v) is 5.12. The van der Waals surface area contributed by atoms with Crippen LogP contribution in [0.4, 0.5) is 13.2 Å². The van der Waals surface area contributed by atoms with Crippen molar-refractivity contribution in [3.05, 3.63) is 59.2 Å². The number of H-pyrrole nitrogens is 1. The van der Waals surface area contributed by atoms with Crippen LogP contribution in [0.1, 0.15) is 5.69 Å². The van der Waals surface area contributed by atoms with Gasteiger partial charge < -0.3 is 0 Å². The Morgan fingerprint density at radius 3 is 2.00 bits per heavy atom. The molecule has 0 bridgehead atoms. The van der Waals surface area contributed by atoms with Gasteiger partial charge in [-0.05, 0) is 29.8 Å². The van der Waals surface area contributed by atoms with Crippen molar-refractivity contribution >= 4 is 21.4 Å². The summed E-state index contributed by atoms with van der Waals surface area (Å²) >= 11 is 5.82. The summed E-state index contributed by atoms with van der Waals surface area (Å²) < 4.78 is 63.3. The number of nitrogens with one attached hydrogen (secondary N) is 1. The molecule has 0 fully saturated rings. The molecule has 0 saturated carbocycles. The molecule has 3 rings (SSSR count). The van der Waals surface area contributed by atoms with Gasteiger partial charge >= 0.3 is 6.18 Å². The van der Waals surface area contributed by atoms with Gasteiger partial charge in [0.15, 0.2) is 9.84 Å². The first-order valence-electron chi connectivity index (χ1n) is 7.29. The van der Waals surface area contributed by atoms with E-state index in [9.17, 15) is 21.6 Å². The molecule has 0 aliphatic carbocycles. The Bertz CT molecular complexity index is 1040. The average molecular weight is 401 g/mol. The van der Waals surface area contributed by atoms with Crippen molar-refractivity contribution in [1.29, 1.82) is 0 Å². The number of sulfone groups is 1. The highest BCUT2D eigenvalue weighted by Gasteiger charge is 2.38. The Morgan fingerprint density at radius 2 is 1.50 bits per heavy atom. The molecule has 136 valence electrons. The SMILES string of the molecule is CS(=O)(=O)c1ccc(-c2n[nH]c(C(F)(F)F)c2-c2ccc(Cl)cc2)cc1. The molecule has 1 aromatic heterocycles. The highest BCUT2D eigenvalue weighted by molar-refractivity contribution is 7.90. The zero-order valence-corrected chi connectivity index (χ0v) is 14.9. The van der Waals surface area contributed by atoms with Crippen LogP contribution in [0.2, 0.25) is 5.02 Å². The highest BCUT2D eigenvalue weighted by Crippen LogP contribution is 2.41. The highest BCUT2D eigenvalue weighted by atomic mass is 35.5. The van der Waals surface area contributed by atoms with Crippen LogP contribution < -0.4 is 0 Å². The zero-order valence-electron chi connectivity index (χ0n) is 13.3. The first-order chi connectivity index (χ1) is 12.1. The van der Waals surface area contributed by atoms with E-state index in [2.05, 4.69) is 5.10 Å². The van der Waals surface area contributed by atoms with Crippen LogP contribution in [0.5, 0.6) is 0 Å². The first kappa shape index (κ1) is 18.5. The minimum atomic E-state index is -4.63. The molecular formula is C17H12ClF3N2O2S. The maximum Gasteiger partial charge on any atom is 0.433 e. The van der Waals surface area contributed by atoms with E-state index in [1.54, 1.807) is 0 Å². The summed E-state index contributed by atoms with van der Waals surface area (Å²) in [6, 6.07) is 11.4. The van der Waals surface area contributed by atoms with E-state index >= 15 is 0 Å². The molecule has 1 N–H and O–H groups in total. The standard InChI is InChI=1S/C17H12ClF3N2O2S/c1-26(24,25)13-8-4-11(5-9-13)15-14(10-2-6-12(18)7-3-10)16(23-22-15)17(19,20)21/h2-9H,1H3,(H,22,23). The van der Waals surface area contributed by atoms with Gasteiger partial charge in [-0.3, -0.25) is 5.10 Å². The average Bonchev–Trinajstić information content (AvgIpc) is 3.00. The van der Waals surface area contributed by atoms with Crippen LogP contribution in [0.15, 0.2) is 53.4 Å². The van der Waals surface area contributed by atoms with E-state index < -0.39 is 21.7 Å². The van der Waals surface area contributed by atoms with E-state index in [1.807, 2.05) is 5.10 Å². The smallest absolute Gasteiger partial charge is 0.272 e. The Kier molecular flexibility index (Phi) is 4.58. The number of halogens is 4. The summed E-state index contributed by atoms with van der Waals surface area (Å²) in [4.78, 5) is 0.0703. The number of nitrogens with zero attached hydrogens (tertiary/aromatic N) is 1. The van der Waals surface area contributed by atoms with Crippen molar-refractivity contribution in [1.82, 2.24) is 10.2 Å². The zero-order chi connectivity index (χ0) is 19.1. The number of rotatable bonds is 3. The number of hydrogen-bond acceptors (Lipinski definition) is 3. The summed E-state index contributed by atoms with van der Waals surface area (Å²) in [5.41, 5.74) is -0.394. The molecule has 1 heterocycles. The molecule has 0 unspecified atom stereocenters. The first-order valence-corrected chi connectivity index (χ1v) is 9.56. The molecule has 0 aliphatic rings. The summed E-state index contributed by atoms with van der Waals surface area (Å²) in [6.07, 6.45) is -3.58. The number of aromatic amines is 1. The Morgan fingerprint density at radius 1 is 0.962 bits per heavy atom. The molecule has 26 heavy (non-hydrogen) atoms. The fourth-order valence-corrected chi connectivity index (χ4v) is 3.27. The lowest BCUT2D eigenvalue weighted by molar-refractivity contribution is -0.140. The normalized spacial score (nSPS) is 12.3. The number of benzene rings is 2. The van der Waals surface area contributed by atoms with Crippen LogP contribution >= 0.6 is 11.6 Å². The summed E-state index contributed by atoms with van der Waals surface area (Å²) in [6.45, 7) is 0. The second-order valence-corrected chi connectivity index (χ2v) is 8.08. The molecule has 0 saturated heterocycles. The monoisotopic (exact) mass is 400 g/mol. The van der Waals surface area contributed by atoms with Crippen LogP contribution in [0, 0.1) is 0 Å². The van der Waals surface area contributed by atoms with Gasteiger partial charge in [-0.1, -0.05) is 35.9 Å². The Labute approximate surface area is 152 Å². The van der Waals surface area contributed by atoms with E-state index in [4.69, 9.17) is 11.6 Å². The largest absolute Gasteiger partial charge is 0.433 e. The van der Waals surface area contributed by atoms with Crippen LogP contribution in [0.25, 0.3) is 22.4 Å². The number of hydrogen-bond donors (Lipinski definition) is 1. The molecule has 9 heteroatoms. The van der Waals surface area contributed by atoms with Gasteiger partial charge in [-0.25, -0.2) is 8.42 Å². The van der Waals surface area contributed by atoms with Crippen LogP contribution in [-0.4, -0.2) is 24.9 Å². The van der Waals surface area contributed by atoms with Gasteiger partial charge in [0.1, 0.15) is 11.4 Å². The lowest BCUT2D eigenvalue weighted by atomic mass is 9.99. The molecule has 0 amide bonds. The van der Waals surface area contributed by atoms with Crippen LogP contribution in [0.3, 0.4) is 0 Å². The van der Waals surface area contributed by atoms with Gasteiger partial charge in [-0.15, -0.1) is 0 Å². The third kappa shape index (κ3) is 3.61. The molecule has 2 aromatic carbocycles. The fourth-order valence-electron chi connectivity index (χ4n) is 2.51. The summed E-state index contributed by atoms with van der Waals surface area (Å²) in [5, 5.41) is 6.25. The molecule has 0 atom stereocenters. The topological polar surface area (TPSA) is 62.8 Å². The van der Waals surface area contributed by atoms with E-state index in [0.29, 0.717) is 10.6 Å². The van der Waals surface area contributed by atoms with Gasteiger partial charge in [-0.2, -0.15) is 18.3 Å². The van der Waals surface area contributed by atoms with E-state index in [-0.39, 0.29) is 21.7 Å². The van der Waals surface area contributed by atoms with Crippen molar-refractivity contribution in [3.63, 3.8) is 0 Å². The lowest BCUT2D eigenvalue weighted by Crippen LogP contribution is -2.07. The van der Waals surface area contributed by atoms with Crippen molar-refractivity contribution in [2.45, 2.75) is 11.1 Å². The summed E-state index contributed by atoms with van der Waals surface area (Å²) in [7, 11) is -3.41. The van der Waals surface area contributed by atoms with Crippen molar-refractivity contribution in [2.24, 2.45) is 0 Å². The molecule has 4 nitrogen and oxygen atoms in total. The maximum absolute atomic E-state index is 13.4. The molecular weight excluding hydrogens is 389 g/mol. The quantitative estimate of drug-likeness (QED) is 0.685. The van der Waals surface area contributed by atoms with E-state index in [1.165, 1.54) is 48.5 Å². The minimum Gasteiger partial charge on any atom is -0.272 e.